The molecule has 4 aromatic rings. The van der Waals surface area contributed by atoms with Crippen molar-refractivity contribution in [3.63, 3.8) is 0 Å². The number of aromatic amines is 1. The summed E-state index contributed by atoms with van der Waals surface area (Å²) in [6, 6.07) is 12.7. The quantitative estimate of drug-likeness (QED) is 0.353. The second-order valence-electron chi connectivity index (χ2n) is 10.3. The van der Waals surface area contributed by atoms with Gasteiger partial charge in [-0.3, -0.25) is 9.69 Å². The third kappa shape index (κ3) is 5.53. The lowest BCUT2D eigenvalue weighted by Gasteiger charge is -2.30. The maximum absolute atomic E-state index is 12.5. The lowest BCUT2D eigenvalue weighted by atomic mass is 10.0. The maximum atomic E-state index is 12.5. The van der Waals surface area contributed by atoms with E-state index in [0.717, 1.165) is 85.7 Å². The van der Waals surface area contributed by atoms with Crippen LogP contribution in [0, 0.1) is 0 Å². The minimum Gasteiger partial charge on any atom is -0.491 e. The van der Waals surface area contributed by atoms with Crippen LogP contribution in [0.4, 0.5) is 5.82 Å². The van der Waals surface area contributed by atoms with Crippen molar-refractivity contribution in [3.8, 4) is 5.75 Å². The van der Waals surface area contributed by atoms with Crippen LogP contribution < -0.4 is 9.64 Å². The highest BCUT2D eigenvalue weighted by molar-refractivity contribution is 5.91. The van der Waals surface area contributed by atoms with Crippen molar-refractivity contribution in [2.24, 2.45) is 0 Å². The van der Waals surface area contributed by atoms with Crippen molar-refractivity contribution < 1.29 is 14.3 Å². The van der Waals surface area contributed by atoms with Gasteiger partial charge in [0.1, 0.15) is 24.2 Å². The number of amides is 1. The van der Waals surface area contributed by atoms with E-state index in [1.54, 1.807) is 19.6 Å². The zero-order chi connectivity index (χ0) is 26.6. The molecule has 1 N–H and O–H groups in total. The van der Waals surface area contributed by atoms with Gasteiger partial charge in [0, 0.05) is 51.6 Å². The van der Waals surface area contributed by atoms with Crippen molar-refractivity contribution in [1.82, 2.24) is 29.7 Å². The van der Waals surface area contributed by atoms with E-state index in [1.807, 2.05) is 17.0 Å². The minimum absolute atomic E-state index is 0.0880. The fourth-order valence-corrected chi connectivity index (χ4v) is 5.68. The molecule has 10 heteroatoms. The smallest absolute Gasteiger partial charge is 0.219 e. The first-order valence-electron chi connectivity index (χ1n) is 13.8. The summed E-state index contributed by atoms with van der Waals surface area (Å²) >= 11 is 0. The Morgan fingerprint density at radius 3 is 2.79 bits per heavy atom. The second kappa shape index (κ2) is 11.5. The number of imidazole rings is 1. The van der Waals surface area contributed by atoms with Crippen LogP contribution in [0.2, 0.25) is 0 Å². The summed E-state index contributed by atoms with van der Waals surface area (Å²) in [5.74, 6) is 1.83. The Hall–Kier alpha value is -3.76. The maximum Gasteiger partial charge on any atom is 0.219 e. The summed E-state index contributed by atoms with van der Waals surface area (Å²) in [4.78, 5) is 35.4. The molecule has 0 spiro atoms. The van der Waals surface area contributed by atoms with Gasteiger partial charge in [-0.1, -0.05) is 30.3 Å². The number of rotatable bonds is 9. The van der Waals surface area contributed by atoms with Crippen LogP contribution >= 0.6 is 0 Å². The van der Waals surface area contributed by atoms with Gasteiger partial charge < -0.3 is 24.3 Å². The van der Waals surface area contributed by atoms with Crippen molar-refractivity contribution in [3.05, 3.63) is 54.6 Å². The fourth-order valence-electron chi connectivity index (χ4n) is 5.68. The Kier molecular flexibility index (Phi) is 7.55. The molecule has 1 atom stereocenters. The van der Waals surface area contributed by atoms with E-state index in [0.29, 0.717) is 25.3 Å². The molecule has 10 nitrogen and oxygen atoms in total. The standard InChI is InChI=1S/C29H35N7O3/c1-21(37)35(12-11-34-13-15-38-16-14-34)17-22-8-9-26(25-7-3-2-6-24(22)25)39-18-23-5-4-10-36(23)29-27-28(31-19-30-27)32-20-33-29/h2-3,6-9,19-20,23H,4-5,10-18H2,1H3,(H,30,31,32,33)/t23-/m1/s1. The first kappa shape index (κ1) is 25.5. The molecule has 2 aromatic heterocycles. The van der Waals surface area contributed by atoms with Gasteiger partial charge in [0.2, 0.25) is 5.91 Å². The molecule has 2 aromatic carbocycles. The Balaban J connectivity index is 1.17. The lowest BCUT2D eigenvalue weighted by Crippen LogP contribution is -2.42. The normalized spacial score (nSPS) is 18.2. The number of hydrogen-bond donors (Lipinski definition) is 1. The molecule has 0 aliphatic carbocycles. The Bertz CT molecular complexity index is 1430. The second-order valence-corrected chi connectivity index (χ2v) is 10.3. The third-order valence-electron chi connectivity index (χ3n) is 7.85. The molecule has 6 rings (SSSR count). The van der Waals surface area contributed by atoms with Crippen LogP contribution in [0.25, 0.3) is 21.9 Å². The Morgan fingerprint density at radius 1 is 1.10 bits per heavy atom. The topological polar surface area (TPSA) is 99.7 Å². The van der Waals surface area contributed by atoms with Crippen LogP contribution in [0.3, 0.4) is 0 Å². The van der Waals surface area contributed by atoms with Gasteiger partial charge >= 0.3 is 0 Å². The molecule has 0 unspecified atom stereocenters. The summed E-state index contributed by atoms with van der Waals surface area (Å²) in [6.07, 6.45) is 5.35. The molecular weight excluding hydrogens is 494 g/mol. The first-order valence-corrected chi connectivity index (χ1v) is 13.8. The van der Waals surface area contributed by atoms with Crippen LogP contribution in [0.5, 0.6) is 5.75 Å². The highest BCUT2D eigenvalue weighted by Crippen LogP contribution is 2.32. The molecule has 2 aliphatic heterocycles. The number of anilines is 1. The van der Waals surface area contributed by atoms with Crippen LogP contribution in [-0.4, -0.2) is 94.2 Å². The van der Waals surface area contributed by atoms with Gasteiger partial charge in [0.25, 0.3) is 0 Å². The molecular formula is C29H35N7O3. The monoisotopic (exact) mass is 529 g/mol. The number of benzene rings is 2. The van der Waals surface area contributed by atoms with E-state index in [4.69, 9.17) is 9.47 Å². The van der Waals surface area contributed by atoms with Gasteiger partial charge in [0.05, 0.1) is 25.6 Å². The molecule has 2 aliphatic rings. The van der Waals surface area contributed by atoms with E-state index >= 15 is 0 Å². The summed E-state index contributed by atoms with van der Waals surface area (Å²) < 4.78 is 11.9. The zero-order valence-electron chi connectivity index (χ0n) is 22.4. The van der Waals surface area contributed by atoms with Gasteiger partial charge in [-0.25, -0.2) is 15.0 Å². The highest BCUT2D eigenvalue weighted by Gasteiger charge is 2.28. The van der Waals surface area contributed by atoms with Crippen LogP contribution in [0.1, 0.15) is 25.3 Å². The summed E-state index contributed by atoms with van der Waals surface area (Å²) in [5, 5.41) is 2.18. The number of aromatic nitrogens is 4. The van der Waals surface area contributed by atoms with E-state index in [9.17, 15) is 4.79 Å². The van der Waals surface area contributed by atoms with Gasteiger partial charge in [-0.15, -0.1) is 0 Å². The van der Waals surface area contributed by atoms with E-state index in [1.165, 1.54) is 0 Å². The van der Waals surface area contributed by atoms with Crippen LogP contribution in [0.15, 0.2) is 49.1 Å². The van der Waals surface area contributed by atoms with Gasteiger partial charge in [-0.2, -0.15) is 0 Å². The fraction of sp³-hybridized carbons (Fsp3) is 0.448. The van der Waals surface area contributed by atoms with E-state index < -0.39 is 0 Å². The number of fused-ring (bicyclic) bond motifs is 2. The van der Waals surface area contributed by atoms with E-state index in [-0.39, 0.29) is 11.9 Å². The molecule has 39 heavy (non-hydrogen) atoms. The number of nitrogens with zero attached hydrogens (tertiary/aromatic N) is 6. The minimum atomic E-state index is 0.0880. The molecule has 4 heterocycles. The molecule has 1 amide bonds. The molecule has 204 valence electrons. The largest absolute Gasteiger partial charge is 0.491 e. The average molecular weight is 530 g/mol. The third-order valence-corrected chi connectivity index (χ3v) is 7.85. The van der Waals surface area contributed by atoms with Gasteiger partial charge in [-0.05, 0) is 29.9 Å². The number of morpholine rings is 1. The SMILES string of the molecule is CC(=O)N(CCN1CCOCC1)Cc1ccc(OC[C@H]2CCCN2c2ncnc3nc[nH]c23)c2ccccc12. The highest BCUT2D eigenvalue weighted by atomic mass is 16.5. The van der Waals surface area contributed by atoms with Gasteiger partial charge in [0.15, 0.2) is 11.5 Å². The molecule has 2 fully saturated rings. The molecule has 0 radical (unpaired) electrons. The summed E-state index contributed by atoms with van der Waals surface area (Å²) in [7, 11) is 0. The molecule has 2 saturated heterocycles. The average Bonchev–Trinajstić information content (AvgIpc) is 3.65. The summed E-state index contributed by atoms with van der Waals surface area (Å²) in [6.45, 7) is 8.63. The number of H-pyrrole nitrogens is 1. The number of carbonyl (C=O) groups excluding carboxylic acids is 1. The Labute approximate surface area is 227 Å². The predicted molar refractivity (Wildman–Crippen MR) is 150 cm³/mol. The van der Waals surface area contributed by atoms with Crippen molar-refractivity contribution in [2.75, 3.05) is 57.4 Å². The summed E-state index contributed by atoms with van der Waals surface area (Å²) in [5.41, 5.74) is 2.67. The number of ether oxygens (including phenoxy) is 2. The predicted octanol–water partition coefficient (Wildman–Crippen LogP) is 3.23. The van der Waals surface area contributed by atoms with Crippen molar-refractivity contribution in [2.45, 2.75) is 32.4 Å². The van der Waals surface area contributed by atoms with Crippen LogP contribution in [-0.2, 0) is 16.1 Å². The lowest BCUT2D eigenvalue weighted by molar-refractivity contribution is -0.129. The van der Waals surface area contributed by atoms with E-state index in [2.05, 4.69) is 54.0 Å². The number of carbonyl (C=O) groups is 1. The zero-order valence-corrected chi connectivity index (χ0v) is 22.4. The number of nitrogens with one attached hydrogen (secondary N) is 1. The molecule has 0 bridgehead atoms. The number of hydrogen-bond acceptors (Lipinski definition) is 8. The molecule has 0 saturated carbocycles. The van der Waals surface area contributed by atoms with Crippen molar-refractivity contribution >= 4 is 33.7 Å². The van der Waals surface area contributed by atoms with Crippen molar-refractivity contribution in [1.29, 1.82) is 0 Å². The Morgan fingerprint density at radius 2 is 1.95 bits per heavy atom. The first-order chi connectivity index (χ1) is 19.2.